The Bertz CT molecular complexity index is 583. The first kappa shape index (κ1) is 15.7. The summed E-state index contributed by atoms with van der Waals surface area (Å²) in [7, 11) is 0. The molecule has 0 heterocycles. The van der Waals surface area contributed by atoms with Crippen LogP contribution in [0.1, 0.15) is 78.6 Å². The number of Topliss-reactive ketones (excluding diaryl/α,β-unsaturated/α-hetero) is 1. The minimum absolute atomic E-state index is 0.0789. The first-order valence-corrected chi connectivity index (χ1v) is 9.43. The van der Waals surface area contributed by atoms with Gasteiger partial charge in [-0.3, -0.25) is 9.59 Å². The van der Waals surface area contributed by atoms with Crippen LogP contribution < -0.4 is 0 Å². The zero-order chi connectivity index (χ0) is 16.7. The third-order valence-corrected chi connectivity index (χ3v) is 8.84. The molecule has 4 fully saturated rings. The van der Waals surface area contributed by atoms with Crippen LogP contribution in [0.2, 0.25) is 0 Å². The first-order chi connectivity index (χ1) is 10.7. The number of rotatable bonds is 1. The maximum absolute atomic E-state index is 12.6. The number of carboxylic acid groups (broad SMARTS) is 1. The summed E-state index contributed by atoms with van der Waals surface area (Å²) in [5.41, 5.74) is -0.357. The lowest BCUT2D eigenvalue weighted by Crippen LogP contribution is -2.58. The Hall–Kier alpha value is -0.860. The summed E-state index contributed by atoms with van der Waals surface area (Å²) < 4.78 is 0. The van der Waals surface area contributed by atoms with Crippen molar-refractivity contribution in [3.63, 3.8) is 0 Å². The fourth-order valence-electron chi connectivity index (χ4n) is 7.76. The van der Waals surface area contributed by atoms with Crippen LogP contribution in [0.3, 0.4) is 0 Å². The van der Waals surface area contributed by atoms with Gasteiger partial charge in [0.2, 0.25) is 0 Å². The van der Waals surface area contributed by atoms with Gasteiger partial charge in [-0.1, -0.05) is 20.3 Å². The average molecular weight is 318 g/mol. The molecule has 0 aliphatic heterocycles. The molecule has 23 heavy (non-hydrogen) atoms. The first-order valence-electron chi connectivity index (χ1n) is 9.43. The Labute approximate surface area is 139 Å². The summed E-state index contributed by atoms with van der Waals surface area (Å²) in [6.45, 7) is 6.54. The van der Waals surface area contributed by atoms with E-state index >= 15 is 0 Å². The van der Waals surface area contributed by atoms with Crippen molar-refractivity contribution in [3.05, 3.63) is 0 Å². The number of carbonyl (C=O) groups is 2. The lowest BCUT2D eigenvalue weighted by atomic mass is 9.40. The molecule has 1 N–H and O–H groups in total. The van der Waals surface area contributed by atoms with E-state index in [0.717, 1.165) is 57.8 Å². The van der Waals surface area contributed by atoms with Crippen molar-refractivity contribution in [1.29, 1.82) is 0 Å². The number of hydrogen-bond acceptors (Lipinski definition) is 2. The highest BCUT2D eigenvalue weighted by atomic mass is 16.4. The van der Waals surface area contributed by atoms with Crippen LogP contribution in [0.5, 0.6) is 0 Å². The predicted octanol–water partition coefficient (Wildman–Crippen LogP) is 4.44. The monoisotopic (exact) mass is 318 g/mol. The largest absolute Gasteiger partial charge is 0.481 e. The summed E-state index contributed by atoms with van der Waals surface area (Å²) in [5.74, 6) is 0.704. The second kappa shape index (κ2) is 4.40. The molecular weight excluding hydrogens is 288 g/mol. The minimum atomic E-state index is -0.604. The van der Waals surface area contributed by atoms with Gasteiger partial charge in [-0.25, -0.2) is 0 Å². The van der Waals surface area contributed by atoms with E-state index in [9.17, 15) is 14.7 Å². The van der Waals surface area contributed by atoms with E-state index in [1.165, 1.54) is 0 Å². The van der Waals surface area contributed by atoms with Crippen LogP contribution in [0.4, 0.5) is 0 Å². The second-order valence-corrected chi connectivity index (χ2v) is 9.96. The van der Waals surface area contributed by atoms with Crippen LogP contribution in [-0.2, 0) is 9.59 Å². The topological polar surface area (TPSA) is 54.4 Å². The zero-order valence-corrected chi connectivity index (χ0v) is 14.8. The van der Waals surface area contributed by atoms with E-state index in [-0.39, 0.29) is 22.2 Å². The van der Waals surface area contributed by atoms with Gasteiger partial charge in [-0.2, -0.15) is 0 Å². The quantitative estimate of drug-likeness (QED) is 0.777. The molecule has 1 spiro atoms. The standard InChI is InChI=1S/C20H30O3/c1-17-9-5-14-18(2)7-4-8-19(3,16(22)23)13(18)6-10-20(14,12-17)11-15(17)21/h13-14H,4-12H2,1-3H3,(H,22,23)/t13-,14?,17-,18+,19+,20-/m0/s1. The van der Waals surface area contributed by atoms with E-state index in [2.05, 4.69) is 13.8 Å². The Morgan fingerprint density at radius 1 is 1.04 bits per heavy atom. The molecule has 2 bridgehead atoms. The molecule has 3 nitrogen and oxygen atoms in total. The van der Waals surface area contributed by atoms with Crippen LogP contribution in [0.25, 0.3) is 0 Å². The van der Waals surface area contributed by atoms with Crippen LogP contribution >= 0.6 is 0 Å². The second-order valence-electron chi connectivity index (χ2n) is 9.96. The molecule has 4 rings (SSSR count). The summed E-state index contributed by atoms with van der Waals surface area (Å²) in [5, 5.41) is 9.91. The van der Waals surface area contributed by atoms with E-state index < -0.39 is 11.4 Å². The lowest BCUT2D eigenvalue weighted by molar-refractivity contribution is -0.182. The number of carbonyl (C=O) groups excluding carboxylic acids is 1. The molecule has 1 unspecified atom stereocenters. The lowest BCUT2D eigenvalue weighted by Gasteiger charge is -2.63. The molecular formula is C20H30O3. The number of hydrogen-bond donors (Lipinski definition) is 1. The molecule has 4 saturated carbocycles. The normalized spacial score (nSPS) is 55.2. The Kier molecular flexibility index (Phi) is 3.00. The van der Waals surface area contributed by atoms with Gasteiger partial charge in [0.05, 0.1) is 5.41 Å². The zero-order valence-electron chi connectivity index (χ0n) is 14.8. The molecule has 0 radical (unpaired) electrons. The third kappa shape index (κ3) is 1.77. The van der Waals surface area contributed by atoms with Crippen molar-refractivity contribution >= 4 is 11.8 Å². The maximum Gasteiger partial charge on any atom is 0.309 e. The summed E-state index contributed by atoms with van der Waals surface area (Å²) in [6, 6.07) is 0. The van der Waals surface area contributed by atoms with E-state index in [0.29, 0.717) is 11.7 Å². The average Bonchev–Trinajstić information content (AvgIpc) is 2.63. The fourth-order valence-corrected chi connectivity index (χ4v) is 7.76. The molecule has 4 aliphatic carbocycles. The fraction of sp³-hybridized carbons (Fsp3) is 0.900. The Morgan fingerprint density at radius 2 is 1.74 bits per heavy atom. The van der Waals surface area contributed by atoms with Gasteiger partial charge in [0, 0.05) is 11.8 Å². The smallest absolute Gasteiger partial charge is 0.309 e. The SMILES string of the molecule is C[C@@]12CCC3[C@@](CC[C@@H]4[C@](C)(C(=O)O)CCC[C@@]34C)(CC1=O)C2. The molecule has 128 valence electrons. The summed E-state index contributed by atoms with van der Waals surface area (Å²) in [4.78, 5) is 24.7. The van der Waals surface area contributed by atoms with Crippen LogP contribution in [-0.4, -0.2) is 16.9 Å². The predicted molar refractivity (Wildman–Crippen MR) is 87.9 cm³/mol. The summed E-state index contributed by atoms with van der Waals surface area (Å²) >= 11 is 0. The number of carboxylic acids is 1. The maximum atomic E-state index is 12.6. The van der Waals surface area contributed by atoms with Gasteiger partial charge >= 0.3 is 5.97 Å². The van der Waals surface area contributed by atoms with Crippen molar-refractivity contribution in [1.82, 2.24) is 0 Å². The number of aliphatic carboxylic acids is 1. The molecule has 4 aliphatic rings. The van der Waals surface area contributed by atoms with Crippen molar-refractivity contribution in [2.75, 3.05) is 0 Å². The molecule has 6 atom stereocenters. The molecule has 0 aromatic rings. The van der Waals surface area contributed by atoms with Gasteiger partial charge in [-0.05, 0) is 74.5 Å². The molecule has 0 amide bonds. The van der Waals surface area contributed by atoms with Gasteiger partial charge < -0.3 is 5.11 Å². The number of ketones is 1. The van der Waals surface area contributed by atoms with E-state index in [4.69, 9.17) is 0 Å². The minimum Gasteiger partial charge on any atom is -0.481 e. The molecule has 0 aromatic carbocycles. The van der Waals surface area contributed by atoms with Gasteiger partial charge in [0.1, 0.15) is 5.78 Å². The van der Waals surface area contributed by atoms with Gasteiger partial charge in [0.25, 0.3) is 0 Å². The van der Waals surface area contributed by atoms with Crippen molar-refractivity contribution in [3.8, 4) is 0 Å². The highest BCUT2D eigenvalue weighted by Gasteiger charge is 2.68. The van der Waals surface area contributed by atoms with Crippen LogP contribution in [0, 0.1) is 33.5 Å². The Balaban J connectivity index is 1.76. The molecule has 3 heteroatoms. The Morgan fingerprint density at radius 3 is 2.43 bits per heavy atom. The van der Waals surface area contributed by atoms with E-state index in [1.807, 2.05) is 6.92 Å². The number of fused-ring (bicyclic) bond motifs is 3. The van der Waals surface area contributed by atoms with Crippen molar-refractivity contribution in [2.24, 2.45) is 33.5 Å². The molecule has 0 aromatic heterocycles. The van der Waals surface area contributed by atoms with Gasteiger partial charge in [0.15, 0.2) is 0 Å². The van der Waals surface area contributed by atoms with Gasteiger partial charge in [-0.15, -0.1) is 0 Å². The van der Waals surface area contributed by atoms with E-state index in [1.54, 1.807) is 0 Å². The summed E-state index contributed by atoms with van der Waals surface area (Å²) in [6.07, 6.45) is 9.04. The van der Waals surface area contributed by atoms with Crippen molar-refractivity contribution in [2.45, 2.75) is 78.6 Å². The van der Waals surface area contributed by atoms with Crippen LogP contribution in [0.15, 0.2) is 0 Å². The third-order valence-electron chi connectivity index (χ3n) is 8.84. The molecule has 0 saturated heterocycles. The highest BCUT2D eigenvalue weighted by Crippen LogP contribution is 2.72. The van der Waals surface area contributed by atoms with Crippen molar-refractivity contribution < 1.29 is 14.7 Å². The highest BCUT2D eigenvalue weighted by molar-refractivity contribution is 5.88.